The number of hydrogen-bond acceptors (Lipinski definition) is 2. The second-order valence-corrected chi connectivity index (χ2v) is 2.84. The molecule has 0 radical (unpaired) electrons. The highest BCUT2D eigenvalue weighted by atomic mass is 19.1. The van der Waals surface area contributed by atoms with Gasteiger partial charge in [-0.05, 0) is 18.2 Å². The van der Waals surface area contributed by atoms with Crippen LogP contribution in [0.3, 0.4) is 0 Å². The number of hydrogen-bond donors (Lipinski definition) is 1. The van der Waals surface area contributed by atoms with Crippen molar-refractivity contribution in [2.45, 2.75) is 19.8 Å². The molecule has 70 valence electrons. The first-order chi connectivity index (χ1) is 6.13. The highest BCUT2D eigenvalue weighted by Gasteiger charge is 2.06. The Balaban J connectivity index is 2.87. The number of ketones is 1. The van der Waals surface area contributed by atoms with E-state index < -0.39 is 5.82 Å². The molecule has 1 aromatic rings. The van der Waals surface area contributed by atoms with Crippen LogP contribution in [-0.2, 0) is 11.2 Å². The topological polar surface area (TPSA) is 37.3 Å². The molecule has 0 saturated heterocycles. The molecule has 0 aliphatic rings. The Morgan fingerprint density at radius 2 is 2.23 bits per heavy atom. The highest BCUT2D eigenvalue weighted by Crippen LogP contribution is 2.18. The maximum absolute atomic E-state index is 12.7. The first kappa shape index (κ1) is 9.71. The van der Waals surface area contributed by atoms with Gasteiger partial charge in [-0.1, -0.05) is 6.92 Å². The van der Waals surface area contributed by atoms with E-state index >= 15 is 0 Å². The Morgan fingerprint density at radius 1 is 1.54 bits per heavy atom. The molecular weight excluding hydrogens is 171 g/mol. The van der Waals surface area contributed by atoms with Crippen molar-refractivity contribution in [1.82, 2.24) is 0 Å². The van der Waals surface area contributed by atoms with Crippen LogP contribution in [0, 0.1) is 5.82 Å². The molecule has 13 heavy (non-hydrogen) atoms. The predicted molar refractivity (Wildman–Crippen MR) is 47.1 cm³/mol. The summed E-state index contributed by atoms with van der Waals surface area (Å²) in [5.74, 6) is -0.471. The fourth-order valence-electron chi connectivity index (χ4n) is 1.03. The van der Waals surface area contributed by atoms with E-state index in [4.69, 9.17) is 0 Å². The molecule has 3 heteroatoms. The Labute approximate surface area is 76.0 Å². The largest absolute Gasteiger partial charge is 0.508 e. The molecule has 1 rings (SSSR count). The van der Waals surface area contributed by atoms with Gasteiger partial charge >= 0.3 is 0 Å². The van der Waals surface area contributed by atoms with Gasteiger partial charge in [0.05, 0.1) is 0 Å². The molecule has 0 aliphatic carbocycles. The lowest BCUT2D eigenvalue weighted by Crippen LogP contribution is -2.00. The quantitative estimate of drug-likeness (QED) is 0.776. The highest BCUT2D eigenvalue weighted by molar-refractivity contribution is 5.81. The van der Waals surface area contributed by atoms with Crippen LogP contribution in [0.15, 0.2) is 18.2 Å². The van der Waals surface area contributed by atoms with Crippen molar-refractivity contribution in [2.75, 3.05) is 0 Å². The summed E-state index contributed by atoms with van der Waals surface area (Å²) >= 11 is 0. The summed E-state index contributed by atoms with van der Waals surface area (Å²) in [6, 6.07) is 3.60. The summed E-state index contributed by atoms with van der Waals surface area (Å²) in [5, 5.41) is 9.26. The van der Waals surface area contributed by atoms with E-state index in [1.165, 1.54) is 12.1 Å². The minimum absolute atomic E-state index is 0.0131. The summed E-state index contributed by atoms with van der Waals surface area (Å²) in [6.45, 7) is 1.73. The van der Waals surface area contributed by atoms with E-state index in [2.05, 4.69) is 0 Å². The predicted octanol–water partition coefficient (Wildman–Crippen LogP) is 2.05. The van der Waals surface area contributed by atoms with Crippen LogP contribution in [0.4, 0.5) is 4.39 Å². The van der Waals surface area contributed by atoms with Crippen LogP contribution in [0.25, 0.3) is 0 Å². The lowest BCUT2D eigenvalue weighted by atomic mass is 10.1. The van der Waals surface area contributed by atoms with Gasteiger partial charge in [0.1, 0.15) is 17.3 Å². The molecule has 0 aromatic heterocycles. The van der Waals surface area contributed by atoms with Gasteiger partial charge in [-0.2, -0.15) is 0 Å². The number of carbonyl (C=O) groups is 1. The van der Waals surface area contributed by atoms with Gasteiger partial charge in [0.15, 0.2) is 0 Å². The summed E-state index contributed by atoms with van der Waals surface area (Å²) in [5.41, 5.74) is 0.354. The molecule has 1 N–H and O–H groups in total. The molecule has 0 saturated carbocycles. The van der Waals surface area contributed by atoms with E-state index in [1.54, 1.807) is 6.92 Å². The van der Waals surface area contributed by atoms with Gasteiger partial charge < -0.3 is 5.11 Å². The van der Waals surface area contributed by atoms with Crippen molar-refractivity contribution in [1.29, 1.82) is 0 Å². The number of rotatable bonds is 3. The van der Waals surface area contributed by atoms with Crippen molar-refractivity contribution >= 4 is 5.78 Å². The minimum atomic E-state index is -0.434. The van der Waals surface area contributed by atoms with Crippen LogP contribution in [0.1, 0.15) is 18.9 Å². The van der Waals surface area contributed by atoms with E-state index in [0.29, 0.717) is 12.0 Å². The van der Waals surface area contributed by atoms with Crippen molar-refractivity contribution < 1.29 is 14.3 Å². The van der Waals surface area contributed by atoms with Gasteiger partial charge in [-0.3, -0.25) is 4.79 Å². The fraction of sp³-hybridized carbons (Fsp3) is 0.300. The van der Waals surface area contributed by atoms with Gasteiger partial charge in [-0.25, -0.2) is 4.39 Å². The third-order valence-electron chi connectivity index (χ3n) is 1.82. The molecule has 0 bridgehead atoms. The molecule has 0 fully saturated rings. The smallest absolute Gasteiger partial charge is 0.137 e. The maximum Gasteiger partial charge on any atom is 0.137 e. The van der Waals surface area contributed by atoms with Crippen LogP contribution in [0.2, 0.25) is 0 Å². The Morgan fingerprint density at radius 3 is 2.85 bits per heavy atom. The summed E-state index contributed by atoms with van der Waals surface area (Å²) in [6.07, 6.45) is 0.496. The molecule has 0 heterocycles. The van der Waals surface area contributed by atoms with Crippen LogP contribution >= 0.6 is 0 Å². The normalized spacial score (nSPS) is 10.0. The van der Waals surface area contributed by atoms with Crippen molar-refractivity contribution in [3.05, 3.63) is 29.6 Å². The third-order valence-corrected chi connectivity index (χ3v) is 1.82. The lowest BCUT2D eigenvalue weighted by Gasteiger charge is -2.02. The van der Waals surface area contributed by atoms with E-state index in [1.807, 2.05) is 0 Å². The number of Topliss-reactive ketones (excluding diaryl/α,β-unsaturated/α-hetero) is 1. The Bertz CT molecular complexity index is 321. The molecule has 0 aliphatic heterocycles. The SMILES string of the molecule is CCC(=O)Cc1cc(F)ccc1O. The molecule has 0 atom stereocenters. The monoisotopic (exact) mass is 182 g/mol. The number of phenolic OH excluding ortho intramolecular Hbond substituents is 1. The standard InChI is InChI=1S/C10H11FO2/c1-2-9(12)6-7-5-8(11)3-4-10(7)13/h3-5,13H,2,6H2,1H3. The maximum atomic E-state index is 12.7. The van der Waals surface area contributed by atoms with Crippen molar-refractivity contribution in [3.8, 4) is 5.75 Å². The molecule has 0 spiro atoms. The van der Waals surface area contributed by atoms with E-state index in [9.17, 15) is 14.3 Å². The second-order valence-electron chi connectivity index (χ2n) is 2.84. The Kier molecular flexibility index (Phi) is 3.01. The van der Waals surface area contributed by atoms with Gasteiger partial charge in [0.25, 0.3) is 0 Å². The molecule has 2 nitrogen and oxygen atoms in total. The minimum Gasteiger partial charge on any atom is -0.508 e. The molecule has 1 aromatic carbocycles. The van der Waals surface area contributed by atoms with Crippen molar-refractivity contribution in [2.24, 2.45) is 0 Å². The van der Waals surface area contributed by atoms with Crippen LogP contribution < -0.4 is 0 Å². The zero-order valence-electron chi connectivity index (χ0n) is 7.38. The van der Waals surface area contributed by atoms with Gasteiger partial charge in [0.2, 0.25) is 0 Å². The van der Waals surface area contributed by atoms with E-state index in [-0.39, 0.29) is 18.0 Å². The van der Waals surface area contributed by atoms with Gasteiger partial charge in [0, 0.05) is 18.4 Å². The lowest BCUT2D eigenvalue weighted by molar-refractivity contribution is -0.118. The van der Waals surface area contributed by atoms with Crippen LogP contribution in [0.5, 0.6) is 5.75 Å². The summed E-state index contributed by atoms with van der Waals surface area (Å²) in [7, 11) is 0. The zero-order valence-corrected chi connectivity index (χ0v) is 7.38. The average Bonchev–Trinajstić information content (AvgIpc) is 2.11. The van der Waals surface area contributed by atoms with Crippen LogP contribution in [-0.4, -0.2) is 10.9 Å². The molecule has 0 unspecified atom stereocenters. The fourth-order valence-corrected chi connectivity index (χ4v) is 1.03. The first-order valence-electron chi connectivity index (χ1n) is 4.12. The summed E-state index contributed by atoms with van der Waals surface area (Å²) in [4.78, 5) is 11.0. The summed E-state index contributed by atoms with van der Waals surface area (Å²) < 4.78 is 12.7. The first-order valence-corrected chi connectivity index (χ1v) is 4.12. The number of benzene rings is 1. The third kappa shape index (κ3) is 2.54. The number of aromatic hydroxyl groups is 1. The number of carbonyl (C=O) groups excluding carboxylic acids is 1. The van der Waals surface area contributed by atoms with Crippen molar-refractivity contribution in [3.63, 3.8) is 0 Å². The number of phenols is 1. The van der Waals surface area contributed by atoms with Gasteiger partial charge in [-0.15, -0.1) is 0 Å². The zero-order chi connectivity index (χ0) is 9.84. The number of halogens is 1. The molecular formula is C10H11FO2. The average molecular weight is 182 g/mol. The van der Waals surface area contributed by atoms with E-state index in [0.717, 1.165) is 6.07 Å². The second kappa shape index (κ2) is 4.03. The Hall–Kier alpha value is -1.38. The molecule has 0 amide bonds.